The lowest BCUT2D eigenvalue weighted by molar-refractivity contribution is 0.176. The Bertz CT molecular complexity index is 358. The van der Waals surface area contributed by atoms with Gasteiger partial charge in [-0.1, -0.05) is 0 Å². The molecule has 2 heterocycles. The van der Waals surface area contributed by atoms with Crippen molar-refractivity contribution in [1.82, 2.24) is 15.5 Å². The van der Waals surface area contributed by atoms with Crippen molar-refractivity contribution in [1.29, 1.82) is 0 Å². The molecule has 0 bridgehead atoms. The van der Waals surface area contributed by atoms with Gasteiger partial charge in [0.15, 0.2) is 0 Å². The molecule has 1 fully saturated rings. The molecule has 1 aliphatic rings. The minimum absolute atomic E-state index is 0.681. The lowest BCUT2D eigenvalue weighted by atomic mass is 10.2. The summed E-state index contributed by atoms with van der Waals surface area (Å²) in [5.74, 6) is 2.09. The SMILES string of the molecule is Cc1ccc(CCNCCC(C)N2CCNCC2)o1. The molecule has 1 saturated heterocycles. The third-order valence-corrected chi connectivity index (χ3v) is 3.86. The predicted octanol–water partition coefficient (Wildman–Crippen LogP) is 1.40. The Morgan fingerprint density at radius 1 is 1.32 bits per heavy atom. The molecule has 0 radical (unpaired) electrons. The highest BCUT2D eigenvalue weighted by molar-refractivity contribution is 5.05. The van der Waals surface area contributed by atoms with Crippen molar-refractivity contribution in [2.75, 3.05) is 39.3 Å². The molecule has 1 aliphatic heterocycles. The Labute approximate surface area is 116 Å². The van der Waals surface area contributed by atoms with Gasteiger partial charge in [-0.05, 0) is 38.9 Å². The lowest BCUT2D eigenvalue weighted by Gasteiger charge is -2.32. The van der Waals surface area contributed by atoms with E-state index in [9.17, 15) is 0 Å². The average molecular weight is 265 g/mol. The summed E-state index contributed by atoms with van der Waals surface area (Å²) in [6.07, 6.45) is 2.20. The number of furan rings is 1. The first-order valence-electron chi connectivity index (χ1n) is 7.46. The van der Waals surface area contributed by atoms with Crippen molar-refractivity contribution >= 4 is 0 Å². The number of aryl methyl sites for hydroxylation is 1. The number of hydrogen-bond acceptors (Lipinski definition) is 4. The highest BCUT2D eigenvalue weighted by Gasteiger charge is 2.15. The summed E-state index contributed by atoms with van der Waals surface area (Å²) in [5.41, 5.74) is 0. The molecule has 0 amide bonds. The number of nitrogens with zero attached hydrogens (tertiary/aromatic N) is 1. The molecule has 108 valence electrons. The van der Waals surface area contributed by atoms with Gasteiger partial charge in [-0.2, -0.15) is 0 Å². The Balaban J connectivity index is 1.53. The predicted molar refractivity (Wildman–Crippen MR) is 78.5 cm³/mol. The first-order valence-corrected chi connectivity index (χ1v) is 7.46. The molecular weight excluding hydrogens is 238 g/mol. The van der Waals surface area contributed by atoms with Crippen LogP contribution in [0.15, 0.2) is 16.5 Å². The van der Waals surface area contributed by atoms with Gasteiger partial charge in [-0.3, -0.25) is 4.90 Å². The second kappa shape index (κ2) is 7.68. The Morgan fingerprint density at radius 3 is 2.79 bits per heavy atom. The van der Waals surface area contributed by atoms with Gasteiger partial charge in [0.2, 0.25) is 0 Å². The van der Waals surface area contributed by atoms with E-state index in [4.69, 9.17) is 4.42 Å². The molecule has 2 rings (SSSR count). The molecule has 1 aromatic rings. The van der Waals surface area contributed by atoms with Crippen molar-refractivity contribution < 1.29 is 4.42 Å². The number of rotatable bonds is 7. The molecule has 0 aromatic carbocycles. The van der Waals surface area contributed by atoms with Crippen molar-refractivity contribution in [2.45, 2.75) is 32.7 Å². The van der Waals surface area contributed by atoms with Gasteiger partial charge in [0, 0.05) is 45.2 Å². The largest absolute Gasteiger partial charge is 0.466 e. The molecule has 1 atom stereocenters. The maximum atomic E-state index is 5.55. The van der Waals surface area contributed by atoms with E-state index in [0.29, 0.717) is 6.04 Å². The summed E-state index contributed by atoms with van der Waals surface area (Å²) in [7, 11) is 0. The topological polar surface area (TPSA) is 40.4 Å². The van der Waals surface area contributed by atoms with Crippen LogP contribution in [0.5, 0.6) is 0 Å². The minimum atomic E-state index is 0.681. The van der Waals surface area contributed by atoms with Crippen LogP contribution in [0, 0.1) is 6.92 Å². The van der Waals surface area contributed by atoms with Crippen LogP contribution in [0.25, 0.3) is 0 Å². The molecule has 4 nitrogen and oxygen atoms in total. The van der Waals surface area contributed by atoms with Crippen LogP contribution in [0.3, 0.4) is 0 Å². The third-order valence-electron chi connectivity index (χ3n) is 3.86. The summed E-state index contributed by atoms with van der Waals surface area (Å²) < 4.78 is 5.55. The van der Waals surface area contributed by atoms with E-state index < -0.39 is 0 Å². The summed E-state index contributed by atoms with van der Waals surface area (Å²) in [6, 6.07) is 4.78. The average Bonchev–Trinajstić information content (AvgIpc) is 2.85. The zero-order chi connectivity index (χ0) is 13.5. The third kappa shape index (κ3) is 4.97. The van der Waals surface area contributed by atoms with Crippen LogP contribution < -0.4 is 10.6 Å². The second-order valence-corrected chi connectivity index (χ2v) is 5.44. The summed E-state index contributed by atoms with van der Waals surface area (Å²) in [5, 5.41) is 6.91. The monoisotopic (exact) mass is 265 g/mol. The highest BCUT2D eigenvalue weighted by Crippen LogP contribution is 2.06. The first-order chi connectivity index (χ1) is 9.25. The van der Waals surface area contributed by atoms with Gasteiger partial charge in [0.05, 0.1) is 0 Å². The van der Waals surface area contributed by atoms with Crippen LogP contribution in [0.1, 0.15) is 24.9 Å². The van der Waals surface area contributed by atoms with E-state index in [-0.39, 0.29) is 0 Å². The quantitative estimate of drug-likeness (QED) is 0.731. The molecule has 4 heteroatoms. The standard InChI is InChI=1S/C15H27N3O/c1-13(18-11-9-17-10-12-18)5-7-16-8-6-15-4-3-14(2)19-15/h3-4,13,16-17H,5-12H2,1-2H3. The van der Waals surface area contributed by atoms with Crippen LogP contribution in [-0.4, -0.2) is 50.2 Å². The van der Waals surface area contributed by atoms with Crippen molar-refractivity contribution in [3.63, 3.8) is 0 Å². The van der Waals surface area contributed by atoms with Crippen LogP contribution in [0.2, 0.25) is 0 Å². The molecular formula is C15H27N3O. The Morgan fingerprint density at radius 2 is 2.11 bits per heavy atom. The summed E-state index contributed by atoms with van der Waals surface area (Å²) in [6.45, 7) is 11.1. The van der Waals surface area contributed by atoms with Gasteiger partial charge in [-0.15, -0.1) is 0 Å². The Hall–Kier alpha value is -0.840. The lowest BCUT2D eigenvalue weighted by Crippen LogP contribution is -2.48. The first kappa shape index (κ1) is 14.6. The van der Waals surface area contributed by atoms with Crippen molar-refractivity contribution in [3.8, 4) is 0 Å². The molecule has 1 aromatic heterocycles. The maximum absolute atomic E-state index is 5.55. The van der Waals surface area contributed by atoms with Gasteiger partial charge in [0.1, 0.15) is 11.5 Å². The molecule has 0 spiro atoms. The molecule has 19 heavy (non-hydrogen) atoms. The van der Waals surface area contributed by atoms with E-state index in [2.05, 4.69) is 28.5 Å². The van der Waals surface area contributed by atoms with Crippen molar-refractivity contribution in [2.24, 2.45) is 0 Å². The van der Waals surface area contributed by atoms with Gasteiger partial charge in [0.25, 0.3) is 0 Å². The fourth-order valence-corrected chi connectivity index (χ4v) is 2.57. The minimum Gasteiger partial charge on any atom is -0.466 e. The molecule has 0 aliphatic carbocycles. The number of nitrogens with one attached hydrogen (secondary N) is 2. The van der Waals surface area contributed by atoms with Gasteiger partial charge >= 0.3 is 0 Å². The zero-order valence-corrected chi connectivity index (χ0v) is 12.2. The van der Waals surface area contributed by atoms with Gasteiger partial charge in [-0.25, -0.2) is 0 Å². The molecule has 2 N–H and O–H groups in total. The van der Waals surface area contributed by atoms with Gasteiger partial charge < -0.3 is 15.1 Å². The summed E-state index contributed by atoms with van der Waals surface area (Å²) >= 11 is 0. The van der Waals surface area contributed by atoms with Crippen LogP contribution in [-0.2, 0) is 6.42 Å². The Kier molecular flexibility index (Phi) is 5.89. The molecule has 0 saturated carbocycles. The van der Waals surface area contributed by atoms with E-state index in [1.54, 1.807) is 0 Å². The zero-order valence-electron chi connectivity index (χ0n) is 12.2. The fraction of sp³-hybridized carbons (Fsp3) is 0.733. The smallest absolute Gasteiger partial charge is 0.105 e. The highest BCUT2D eigenvalue weighted by atomic mass is 16.3. The van der Waals surface area contributed by atoms with E-state index in [1.807, 2.05) is 13.0 Å². The normalized spacial score (nSPS) is 18.6. The van der Waals surface area contributed by atoms with E-state index >= 15 is 0 Å². The molecule has 1 unspecified atom stereocenters. The van der Waals surface area contributed by atoms with Crippen molar-refractivity contribution in [3.05, 3.63) is 23.7 Å². The fourth-order valence-electron chi connectivity index (χ4n) is 2.57. The maximum Gasteiger partial charge on any atom is 0.105 e. The van der Waals surface area contributed by atoms with Crippen LogP contribution >= 0.6 is 0 Å². The van der Waals surface area contributed by atoms with E-state index in [1.165, 1.54) is 19.5 Å². The van der Waals surface area contributed by atoms with Crippen LogP contribution in [0.4, 0.5) is 0 Å². The van der Waals surface area contributed by atoms with E-state index in [0.717, 1.165) is 44.1 Å². The summed E-state index contributed by atoms with van der Waals surface area (Å²) in [4.78, 5) is 2.58. The number of piperazine rings is 1. The number of hydrogen-bond donors (Lipinski definition) is 2. The second-order valence-electron chi connectivity index (χ2n) is 5.44.